The highest BCUT2D eigenvalue weighted by molar-refractivity contribution is 5.54. The molecule has 0 atom stereocenters. The predicted octanol–water partition coefficient (Wildman–Crippen LogP) is 3.07. The summed E-state index contributed by atoms with van der Waals surface area (Å²) in [5.74, 6) is -0.220. The molecule has 2 rings (SSSR count). The highest BCUT2D eigenvalue weighted by Crippen LogP contribution is 2.32. The Kier molecular flexibility index (Phi) is 5.22. The number of likely N-dealkylation sites (N-methyl/N-ethyl adjacent to an activating group) is 1. The van der Waals surface area contributed by atoms with Crippen LogP contribution in [0.3, 0.4) is 0 Å². The summed E-state index contributed by atoms with van der Waals surface area (Å²) < 4.78 is 14.3. The summed E-state index contributed by atoms with van der Waals surface area (Å²) in [5, 5.41) is 13.9. The normalized spacial score (nSPS) is 17.4. The molecule has 0 bridgehead atoms. The van der Waals surface area contributed by atoms with Crippen molar-refractivity contribution in [1.29, 1.82) is 0 Å². The molecule has 0 aromatic heterocycles. The number of hydrogen-bond acceptors (Lipinski definition) is 3. The van der Waals surface area contributed by atoms with Crippen molar-refractivity contribution in [3.8, 4) is 0 Å². The standard InChI is InChI=1S/C17H27FN2O/c1-13(2)19-11-14-7-6-8-15(18)16(14)20(3)12-17(21)9-4-5-10-17/h6-8,13,19,21H,4-5,9-12H2,1-3H3. The van der Waals surface area contributed by atoms with Crippen LogP contribution in [0.15, 0.2) is 18.2 Å². The van der Waals surface area contributed by atoms with Crippen LogP contribution in [0.25, 0.3) is 0 Å². The van der Waals surface area contributed by atoms with E-state index < -0.39 is 5.60 Å². The highest BCUT2D eigenvalue weighted by atomic mass is 19.1. The van der Waals surface area contributed by atoms with E-state index in [0.29, 0.717) is 24.8 Å². The Balaban J connectivity index is 2.16. The van der Waals surface area contributed by atoms with Gasteiger partial charge in [-0.1, -0.05) is 38.8 Å². The third-order valence-corrected chi connectivity index (χ3v) is 4.22. The first kappa shape index (κ1) is 16.2. The van der Waals surface area contributed by atoms with Crippen LogP contribution >= 0.6 is 0 Å². The number of anilines is 1. The first-order chi connectivity index (χ1) is 9.91. The summed E-state index contributed by atoms with van der Waals surface area (Å²) >= 11 is 0. The minimum absolute atomic E-state index is 0.220. The summed E-state index contributed by atoms with van der Waals surface area (Å²) in [5.41, 5.74) is 0.874. The zero-order valence-corrected chi connectivity index (χ0v) is 13.3. The summed E-state index contributed by atoms with van der Waals surface area (Å²) in [4.78, 5) is 1.87. The molecule has 0 spiro atoms. The van der Waals surface area contributed by atoms with E-state index in [9.17, 15) is 9.50 Å². The maximum atomic E-state index is 14.3. The molecule has 118 valence electrons. The smallest absolute Gasteiger partial charge is 0.146 e. The molecular weight excluding hydrogens is 267 g/mol. The number of para-hydroxylation sites is 1. The molecule has 1 aliphatic carbocycles. The van der Waals surface area contributed by atoms with Gasteiger partial charge in [0.25, 0.3) is 0 Å². The van der Waals surface area contributed by atoms with Gasteiger partial charge in [-0.05, 0) is 24.5 Å². The van der Waals surface area contributed by atoms with Crippen LogP contribution in [-0.2, 0) is 6.54 Å². The number of nitrogens with zero attached hydrogens (tertiary/aromatic N) is 1. The summed E-state index contributed by atoms with van der Waals surface area (Å²) in [7, 11) is 1.87. The minimum atomic E-state index is -0.667. The van der Waals surface area contributed by atoms with Gasteiger partial charge >= 0.3 is 0 Å². The fourth-order valence-electron chi connectivity index (χ4n) is 3.16. The Hall–Kier alpha value is -1.13. The molecule has 0 aliphatic heterocycles. The summed E-state index contributed by atoms with van der Waals surface area (Å²) in [6, 6.07) is 5.53. The SMILES string of the molecule is CC(C)NCc1cccc(F)c1N(C)CC1(O)CCCC1. The second kappa shape index (κ2) is 6.75. The van der Waals surface area contributed by atoms with Gasteiger partial charge < -0.3 is 15.3 Å². The van der Waals surface area contributed by atoms with Crippen molar-refractivity contribution in [2.75, 3.05) is 18.5 Å². The van der Waals surface area contributed by atoms with Gasteiger partial charge in [0.15, 0.2) is 0 Å². The van der Waals surface area contributed by atoms with Gasteiger partial charge in [-0.3, -0.25) is 0 Å². The first-order valence-electron chi connectivity index (χ1n) is 7.85. The van der Waals surface area contributed by atoms with E-state index in [1.54, 1.807) is 6.07 Å². The molecule has 1 aromatic carbocycles. The van der Waals surface area contributed by atoms with E-state index in [1.165, 1.54) is 6.07 Å². The maximum Gasteiger partial charge on any atom is 0.146 e. The van der Waals surface area contributed by atoms with Crippen molar-refractivity contribution < 1.29 is 9.50 Å². The number of nitrogens with one attached hydrogen (secondary N) is 1. The van der Waals surface area contributed by atoms with Gasteiger partial charge in [0, 0.05) is 26.2 Å². The predicted molar refractivity (Wildman–Crippen MR) is 85.1 cm³/mol. The van der Waals surface area contributed by atoms with Crippen molar-refractivity contribution in [3.05, 3.63) is 29.6 Å². The molecule has 2 N–H and O–H groups in total. The lowest BCUT2D eigenvalue weighted by atomic mass is 10.0. The van der Waals surface area contributed by atoms with Crippen LogP contribution in [0.4, 0.5) is 10.1 Å². The third-order valence-electron chi connectivity index (χ3n) is 4.22. The fourth-order valence-corrected chi connectivity index (χ4v) is 3.16. The first-order valence-corrected chi connectivity index (χ1v) is 7.85. The molecule has 0 heterocycles. The molecule has 4 heteroatoms. The van der Waals surface area contributed by atoms with Crippen LogP contribution in [-0.4, -0.2) is 30.3 Å². The molecule has 0 saturated heterocycles. The van der Waals surface area contributed by atoms with Crippen molar-refractivity contribution in [1.82, 2.24) is 5.32 Å². The number of aliphatic hydroxyl groups is 1. The van der Waals surface area contributed by atoms with E-state index in [-0.39, 0.29) is 5.82 Å². The average molecular weight is 294 g/mol. The Morgan fingerprint density at radius 3 is 2.62 bits per heavy atom. The van der Waals surface area contributed by atoms with Gasteiger partial charge in [0.05, 0.1) is 11.3 Å². The fraction of sp³-hybridized carbons (Fsp3) is 0.647. The van der Waals surface area contributed by atoms with Crippen LogP contribution < -0.4 is 10.2 Å². The monoisotopic (exact) mass is 294 g/mol. The Bertz CT molecular complexity index is 470. The van der Waals surface area contributed by atoms with E-state index >= 15 is 0 Å². The van der Waals surface area contributed by atoms with Crippen LogP contribution in [0, 0.1) is 5.82 Å². The van der Waals surface area contributed by atoms with Crippen molar-refractivity contribution >= 4 is 5.69 Å². The zero-order chi connectivity index (χ0) is 15.5. The summed E-state index contributed by atoms with van der Waals surface area (Å²) in [6.45, 7) is 5.27. The number of rotatable bonds is 6. The molecular formula is C17H27FN2O. The van der Waals surface area contributed by atoms with Crippen molar-refractivity contribution in [3.63, 3.8) is 0 Å². The van der Waals surface area contributed by atoms with Crippen LogP contribution in [0.2, 0.25) is 0 Å². The Morgan fingerprint density at radius 1 is 1.33 bits per heavy atom. The van der Waals surface area contributed by atoms with E-state index in [1.807, 2.05) is 18.0 Å². The van der Waals surface area contributed by atoms with Gasteiger partial charge in [-0.2, -0.15) is 0 Å². The lowest BCUT2D eigenvalue weighted by Gasteiger charge is -2.31. The third kappa shape index (κ3) is 4.17. The van der Waals surface area contributed by atoms with Gasteiger partial charge in [-0.25, -0.2) is 4.39 Å². The van der Waals surface area contributed by atoms with Gasteiger partial charge in [-0.15, -0.1) is 0 Å². The van der Waals surface area contributed by atoms with Crippen LogP contribution in [0.1, 0.15) is 45.1 Å². The molecule has 21 heavy (non-hydrogen) atoms. The lowest BCUT2D eigenvalue weighted by molar-refractivity contribution is 0.0558. The number of hydrogen-bond donors (Lipinski definition) is 2. The van der Waals surface area contributed by atoms with E-state index in [4.69, 9.17) is 0 Å². The molecule has 1 aliphatic rings. The topological polar surface area (TPSA) is 35.5 Å². The quantitative estimate of drug-likeness (QED) is 0.846. The molecule has 1 saturated carbocycles. The largest absolute Gasteiger partial charge is 0.388 e. The van der Waals surface area contributed by atoms with Gasteiger partial charge in [0.1, 0.15) is 5.82 Å². The molecule has 0 unspecified atom stereocenters. The lowest BCUT2D eigenvalue weighted by Crippen LogP contribution is -2.40. The summed E-state index contributed by atoms with van der Waals surface area (Å²) in [6.07, 6.45) is 3.74. The zero-order valence-electron chi connectivity index (χ0n) is 13.3. The highest BCUT2D eigenvalue weighted by Gasteiger charge is 2.33. The minimum Gasteiger partial charge on any atom is -0.388 e. The average Bonchev–Trinajstić information content (AvgIpc) is 2.82. The second-order valence-electron chi connectivity index (χ2n) is 6.57. The van der Waals surface area contributed by atoms with Gasteiger partial charge in [0.2, 0.25) is 0 Å². The Labute approximate surface area is 127 Å². The Morgan fingerprint density at radius 2 is 2.00 bits per heavy atom. The molecule has 3 nitrogen and oxygen atoms in total. The molecule has 1 fully saturated rings. The second-order valence-corrected chi connectivity index (χ2v) is 6.57. The molecule has 0 amide bonds. The molecule has 1 aromatic rings. The van der Waals surface area contributed by atoms with Crippen LogP contribution in [0.5, 0.6) is 0 Å². The number of benzene rings is 1. The van der Waals surface area contributed by atoms with Crippen molar-refractivity contribution in [2.24, 2.45) is 0 Å². The maximum absolute atomic E-state index is 14.3. The number of halogens is 1. The van der Waals surface area contributed by atoms with E-state index in [2.05, 4.69) is 19.2 Å². The van der Waals surface area contributed by atoms with Crippen molar-refractivity contribution in [2.45, 2.75) is 57.7 Å². The van der Waals surface area contributed by atoms with E-state index in [0.717, 1.165) is 31.2 Å². The molecule has 0 radical (unpaired) electrons.